The number of aromatic carboxylic acids is 1. The van der Waals surface area contributed by atoms with Crippen molar-refractivity contribution in [3.8, 4) is 0 Å². The van der Waals surface area contributed by atoms with Crippen LogP contribution in [0.3, 0.4) is 0 Å². The van der Waals surface area contributed by atoms with E-state index in [0.29, 0.717) is 0 Å². The van der Waals surface area contributed by atoms with Crippen molar-refractivity contribution in [1.82, 2.24) is 5.16 Å². The van der Waals surface area contributed by atoms with Crippen molar-refractivity contribution in [3.05, 3.63) is 17.5 Å². The predicted octanol–water partition coefficient (Wildman–Crippen LogP) is 1.97. The van der Waals surface area contributed by atoms with E-state index in [2.05, 4.69) is 9.68 Å². The van der Waals surface area contributed by atoms with Crippen molar-refractivity contribution in [1.29, 1.82) is 0 Å². The summed E-state index contributed by atoms with van der Waals surface area (Å²) in [6.45, 7) is 0. The molecule has 2 rings (SSSR count). The highest BCUT2D eigenvalue weighted by atomic mass is 19.4. The van der Waals surface area contributed by atoms with Gasteiger partial charge in [0.1, 0.15) is 22.9 Å². The van der Waals surface area contributed by atoms with Crippen molar-refractivity contribution < 1.29 is 27.6 Å². The van der Waals surface area contributed by atoms with Crippen LogP contribution in [0.15, 0.2) is 10.8 Å². The first kappa shape index (κ1) is 10.0. The standard InChI is InChI=1S/C8H6F3NO3/c9-8(10,11)7(1-2-7)5-4(6(13)14)3-15-12-5/h3H,1-2H2,(H,13,14). The first-order chi connectivity index (χ1) is 6.88. The van der Waals surface area contributed by atoms with Crippen LogP contribution < -0.4 is 0 Å². The summed E-state index contributed by atoms with van der Waals surface area (Å²) in [4.78, 5) is 10.6. The third-order valence-corrected chi connectivity index (χ3v) is 2.55. The lowest BCUT2D eigenvalue weighted by molar-refractivity contribution is -0.162. The Morgan fingerprint density at radius 2 is 2.13 bits per heavy atom. The maximum Gasteiger partial charge on any atom is 0.400 e. The van der Waals surface area contributed by atoms with E-state index in [-0.39, 0.29) is 12.8 Å². The second-order valence-electron chi connectivity index (χ2n) is 3.46. The van der Waals surface area contributed by atoms with E-state index in [4.69, 9.17) is 5.11 Å². The van der Waals surface area contributed by atoms with E-state index >= 15 is 0 Å². The average Bonchev–Trinajstić information content (AvgIpc) is 2.76. The second kappa shape index (κ2) is 2.74. The molecule has 0 amide bonds. The molecule has 1 saturated carbocycles. The molecule has 0 bridgehead atoms. The van der Waals surface area contributed by atoms with Crippen LogP contribution in [0.2, 0.25) is 0 Å². The molecular weight excluding hydrogens is 215 g/mol. The molecule has 15 heavy (non-hydrogen) atoms. The van der Waals surface area contributed by atoms with Crippen LogP contribution in [0.5, 0.6) is 0 Å². The Morgan fingerprint density at radius 1 is 1.53 bits per heavy atom. The van der Waals surface area contributed by atoms with E-state index in [9.17, 15) is 18.0 Å². The summed E-state index contributed by atoms with van der Waals surface area (Å²) in [6, 6.07) is 0. The van der Waals surface area contributed by atoms with Gasteiger partial charge in [0.25, 0.3) is 0 Å². The van der Waals surface area contributed by atoms with Gasteiger partial charge in [0, 0.05) is 0 Å². The maximum absolute atomic E-state index is 12.6. The van der Waals surface area contributed by atoms with Crippen LogP contribution in [0.25, 0.3) is 0 Å². The highest BCUT2D eigenvalue weighted by molar-refractivity contribution is 5.89. The molecule has 7 heteroatoms. The van der Waals surface area contributed by atoms with Crippen LogP contribution in [-0.4, -0.2) is 22.4 Å². The van der Waals surface area contributed by atoms with Gasteiger partial charge in [-0.25, -0.2) is 4.79 Å². The lowest BCUT2D eigenvalue weighted by atomic mass is 9.98. The van der Waals surface area contributed by atoms with E-state index < -0.39 is 28.8 Å². The normalized spacial score (nSPS) is 18.9. The molecule has 0 radical (unpaired) electrons. The summed E-state index contributed by atoms with van der Waals surface area (Å²) in [5.41, 5.74) is -3.12. The van der Waals surface area contributed by atoms with E-state index in [0.717, 1.165) is 6.26 Å². The minimum Gasteiger partial charge on any atom is -0.478 e. The summed E-state index contributed by atoms with van der Waals surface area (Å²) in [5.74, 6) is -1.46. The first-order valence-electron chi connectivity index (χ1n) is 4.13. The molecule has 0 aliphatic heterocycles. The molecule has 4 nitrogen and oxygen atoms in total. The highest BCUT2D eigenvalue weighted by Crippen LogP contribution is 2.59. The third kappa shape index (κ3) is 1.30. The van der Waals surface area contributed by atoms with Crippen LogP contribution in [0.4, 0.5) is 13.2 Å². The number of carboxylic acids is 1. The van der Waals surface area contributed by atoms with Crippen LogP contribution in [-0.2, 0) is 5.41 Å². The Kier molecular flexibility index (Phi) is 1.83. The zero-order chi connectivity index (χ0) is 11.3. The van der Waals surface area contributed by atoms with Gasteiger partial charge in [0.15, 0.2) is 0 Å². The second-order valence-corrected chi connectivity index (χ2v) is 3.46. The molecule has 1 fully saturated rings. The molecule has 1 aromatic heterocycles. The van der Waals surface area contributed by atoms with Gasteiger partial charge in [0.05, 0.1) is 0 Å². The largest absolute Gasteiger partial charge is 0.478 e. The van der Waals surface area contributed by atoms with Crippen molar-refractivity contribution in [2.24, 2.45) is 0 Å². The maximum atomic E-state index is 12.6. The molecule has 1 aromatic rings. The number of carboxylic acid groups (broad SMARTS) is 1. The molecule has 0 saturated heterocycles. The Bertz CT molecular complexity index is 406. The average molecular weight is 221 g/mol. The smallest absolute Gasteiger partial charge is 0.400 e. The number of carbonyl (C=O) groups is 1. The molecule has 0 aromatic carbocycles. The number of nitrogens with zero attached hydrogens (tertiary/aromatic N) is 1. The summed E-state index contributed by atoms with van der Waals surface area (Å²) in [7, 11) is 0. The number of hydrogen-bond acceptors (Lipinski definition) is 3. The van der Waals surface area contributed by atoms with Crippen molar-refractivity contribution >= 4 is 5.97 Å². The Labute approximate surface area is 81.7 Å². The van der Waals surface area contributed by atoms with Gasteiger partial charge in [-0.2, -0.15) is 13.2 Å². The van der Waals surface area contributed by atoms with E-state index in [1.54, 1.807) is 0 Å². The van der Waals surface area contributed by atoms with Crippen molar-refractivity contribution in [3.63, 3.8) is 0 Å². The Balaban J connectivity index is 2.47. The molecule has 1 N–H and O–H groups in total. The minimum atomic E-state index is -4.48. The molecule has 1 aliphatic carbocycles. The van der Waals surface area contributed by atoms with Gasteiger partial charge in [0.2, 0.25) is 0 Å². The summed E-state index contributed by atoms with van der Waals surface area (Å²) in [5, 5.41) is 11.8. The molecule has 0 atom stereocenters. The molecule has 0 unspecified atom stereocenters. The fourth-order valence-corrected chi connectivity index (χ4v) is 1.51. The molecule has 82 valence electrons. The monoisotopic (exact) mass is 221 g/mol. The Morgan fingerprint density at radius 3 is 2.53 bits per heavy atom. The number of rotatable bonds is 2. The summed E-state index contributed by atoms with van der Waals surface area (Å²) in [6.07, 6.45) is -4.02. The van der Waals surface area contributed by atoms with Crippen LogP contribution in [0, 0.1) is 0 Å². The Hall–Kier alpha value is -1.53. The predicted molar refractivity (Wildman–Crippen MR) is 40.4 cm³/mol. The first-order valence-corrected chi connectivity index (χ1v) is 4.13. The van der Waals surface area contributed by atoms with Gasteiger partial charge < -0.3 is 9.63 Å². The summed E-state index contributed by atoms with van der Waals surface area (Å²) < 4.78 is 42.2. The van der Waals surface area contributed by atoms with Gasteiger partial charge in [-0.1, -0.05) is 5.16 Å². The van der Waals surface area contributed by atoms with Crippen LogP contribution >= 0.6 is 0 Å². The van der Waals surface area contributed by atoms with Crippen molar-refractivity contribution in [2.75, 3.05) is 0 Å². The molecule has 1 heterocycles. The third-order valence-electron chi connectivity index (χ3n) is 2.55. The van der Waals surface area contributed by atoms with Crippen LogP contribution in [0.1, 0.15) is 28.9 Å². The molecule has 0 spiro atoms. The molecule has 1 aliphatic rings. The zero-order valence-corrected chi connectivity index (χ0v) is 7.34. The van der Waals surface area contributed by atoms with Gasteiger partial charge in [-0.3, -0.25) is 0 Å². The lowest BCUT2D eigenvalue weighted by Gasteiger charge is -2.16. The number of halogens is 3. The zero-order valence-electron chi connectivity index (χ0n) is 7.34. The van der Waals surface area contributed by atoms with E-state index in [1.807, 2.05) is 0 Å². The van der Waals surface area contributed by atoms with Gasteiger partial charge in [-0.05, 0) is 12.8 Å². The molecular formula is C8H6F3NO3. The van der Waals surface area contributed by atoms with Gasteiger partial charge in [-0.15, -0.1) is 0 Å². The topological polar surface area (TPSA) is 63.3 Å². The lowest BCUT2D eigenvalue weighted by Crippen LogP contribution is -2.30. The fourth-order valence-electron chi connectivity index (χ4n) is 1.51. The summed E-state index contributed by atoms with van der Waals surface area (Å²) >= 11 is 0. The fraction of sp³-hybridized carbons (Fsp3) is 0.500. The van der Waals surface area contributed by atoms with E-state index in [1.165, 1.54) is 0 Å². The number of hydrogen-bond donors (Lipinski definition) is 1. The quantitative estimate of drug-likeness (QED) is 0.829. The SMILES string of the molecule is O=C(O)c1conc1C1(C(F)(F)F)CC1. The number of aromatic nitrogens is 1. The number of alkyl halides is 3. The highest BCUT2D eigenvalue weighted by Gasteiger charge is 2.67. The van der Waals surface area contributed by atoms with Crippen molar-refractivity contribution in [2.45, 2.75) is 24.4 Å². The minimum absolute atomic E-state index is 0.136. The van der Waals surface area contributed by atoms with Gasteiger partial charge >= 0.3 is 12.1 Å².